The van der Waals surface area contributed by atoms with Gasteiger partial charge in [-0.05, 0) is 24.7 Å². The first-order chi connectivity index (χ1) is 9.17. The van der Waals surface area contributed by atoms with Crippen molar-refractivity contribution in [2.24, 2.45) is 0 Å². The van der Waals surface area contributed by atoms with Gasteiger partial charge in [-0.2, -0.15) is 0 Å². The number of hydrogen-bond donors (Lipinski definition) is 2. The lowest BCUT2D eigenvalue weighted by molar-refractivity contribution is -0.122. The molecule has 1 rings (SSSR count). The molecule has 0 saturated heterocycles. The van der Waals surface area contributed by atoms with Gasteiger partial charge in [-0.1, -0.05) is 13.0 Å². The zero-order chi connectivity index (χ0) is 14.1. The topological polar surface area (TPSA) is 50.4 Å². The lowest BCUT2D eigenvalue weighted by atomic mass is 10.2. The molecule has 19 heavy (non-hydrogen) atoms. The van der Waals surface area contributed by atoms with E-state index in [0.29, 0.717) is 24.4 Å². The molecule has 0 heterocycles. The van der Waals surface area contributed by atoms with Crippen LogP contribution in [-0.4, -0.2) is 25.6 Å². The fourth-order valence-corrected chi connectivity index (χ4v) is 1.47. The summed E-state index contributed by atoms with van der Waals surface area (Å²) in [5, 5.41) is 5.70. The van der Waals surface area contributed by atoms with Gasteiger partial charge in [-0.25, -0.2) is 4.39 Å². The number of benzene rings is 1. The van der Waals surface area contributed by atoms with Gasteiger partial charge in [-0.15, -0.1) is 6.58 Å². The monoisotopic (exact) mass is 266 g/mol. The molecule has 5 heteroatoms. The summed E-state index contributed by atoms with van der Waals surface area (Å²) in [5.74, 6) is -0.0499. The van der Waals surface area contributed by atoms with Crippen molar-refractivity contribution in [3.63, 3.8) is 0 Å². The minimum atomic E-state index is -0.323. The summed E-state index contributed by atoms with van der Waals surface area (Å²) in [5.41, 5.74) is 0.693. The smallest absolute Gasteiger partial charge is 0.258 e. The van der Waals surface area contributed by atoms with E-state index in [1.165, 1.54) is 18.2 Å². The third-order valence-electron chi connectivity index (χ3n) is 2.39. The molecule has 2 N–H and O–H groups in total. The van der Waals surface area contributed by atoms with Crippen LogP contribution in [0, 0.1) is 5.82 Å². The Labute approximate surface area is 112 Å². The van der Waals surface area contributed by atoms with Crippen LogP contribution in [0.5, 0.6) is 5.75 Å². The number of amides is 1. The summed E-state index contributed by atoms with van der Waals surface area (Å²) < 4.78 is 18.6. The maximum atomic E-state index is 13.2. The highest BCUT2D eigenvalue weighted by Gasteiger charge is 2.07. The predicted molar refractivity (Wildman–Crippen MR) is 72.5 cm³/mol. The van der Waals surface area contributed by atoms with E-state index in [1.807, 2.05) is 6.92 Å². The molecule has 104 valence electrons. The van der Waals surface area contributed by atoms with E-state index in [1.54, 1.807) is 6.08 Å². The van der Waals surface area contributed by atoms with Crippen molar-refractivity contribution in [1.29, 1.82) is 0 Å². The molecule has 1 aromatic carbocycles. The molecular formula is C14H19FN2O2. The Morgan fingerprint density at radius 2 is 2.32 bits per heavy atom. The summed E-state index contributed by atoms with van der Waals surface area (Å²) in [6, 6.07) is 4.24. The molecule has 0 aliphatic carbocycles. The van der Waals surface area contributed by atoms with E-state index in [4.69, 9.17) is 4.74 Å². The normalized spacial score (nSPS) is 10.0. The molecule has 0 spiro atoms. The van der Waals surface area contributed by atoms with Crippen LogP contribution in [0.1, 0.15) is 12.5 Å². The van der Waals surface area contributed by atoms with Crippen LogP contribution in [0.3, 0.4) is 0 Å². The number of carbonyl (C=O) groups is 1. The third kappa shape index (κ3) is 5.52. The minimum absolute atomic E-state index is 0.0986. The van der Waals surface area contributed by atoms with Crippen molar-refractivity contribution in [3.8, 4) is 5.75 Å². The highest BCUT2D eigenvalue weighted by molar-refractivity contribution is 5.77. The first kappa shape index (κ1) is 15.2. The van der Waals surface area contributed by atoms with Gasteiger partial charge in [0.25, 0.3) is 5.91 Å². The van der Waals surface area contributed by atoms with Crippen molar-refractivity contribution >= 4 is 5.91 Å². The molecule has 4 nitrogen and oxygen atoms in total. The van der Waals surface area contributed by atoms with Gasteiger partial charge in [0.2, 0.25) is 0 Å². The van der Waals surface area contributed by atoms with E-state index in [0.717, 1.165) is 6.54 Å². The van der Waals surface area contributed by atoms with Crippen LogP contribution in [0.4, 0.5) is 4.39 Å². The molecule has 0 unspecified atom stereocenters. The average molecular weight is 266 g/mol. The molecule has 0 bridgehead atoms. The molecule has 1 aromatic rings. The number of nitrogens with one attached hydrogen (secondary N) is 2. The summed E-state index contributed by atoms with van der Waals surface area (Å²) in [6.07, 6.45) is 1.59. The zero-order valence-electron chi connectivity index (χ0n) is 11.0. The second kappa shape index (κ2) is 8.26. The standard InChI is InChI=1S/C14H19FN2O2/c1-3-7-17-14(18)10-19-13-6-5-12(15)8-11(13)9-16-4-2/h3,5-6,8,16H,1,4,7,9-10H2,2H3,(H,17,18). The summed E-state index contributed by atoms with van der Waals surface area (Å²) in [4.78, 5) is 11.4. The molecule has 0 radical (unpaired) electrons. The molecule has 0 fully saturated rings. The summed E-state index contributed by atoms with van der Waals surface area (Å²) in [7, 11) is 0. The third-order valence-corrected chi connectivity index (χ3v) is 2.39. The summed E-state index contributed by atoms with van der Waals surface area (Å²) >= 11 is 0. The number of rotatable bonds is 8. The highest BCUT2D eigenvalue weighted by atomic mass is 19.1. The van der Waals surface area contributed by atoms with E-state index in [2.05, 4.69) is 17.2 Å². The van der Waals surface area contributed by atoms with Gasteiger partial charge in [0.1, 0.15) is 11.6 Å². The molecular weight excluding hydrogens is 247 g/mol. The fraction of sp³-hybridized carbons (Fsp3) is 0.357. The predicted octanol–water partition coefficient (Wildman–Crippen LogP) is 1.62. The van der Waals surface area contributed by atoms with Gasteiger partial charge >= 0.3 is 0 Å². The van der Waals surface area contributed by atoms with Crippen molar-refractivity contribution in [3.05, 3.63) is 42.2 Å². The van der Waals surface area contributed by atoms with Gasteiger partial charge in [0.15, 0.2) is 6.61 Å². The quantitative estimate of drug-likeness (QED) is 0.703. The maximum absolute atomic E-state index is 13.2. The Kier molecular flexibility index (Phi) is 6.60. The summed E-state index contributed by atoms with van der Waals surface area (Å²) in [6.45, 7) is 7.04. The van der Waals surface area contributed by atoms with Crippen LogP contribution in [0.15, 0.2) is 30.9 Å². The van der Waals surface area contributed by atoms with Gasteiger partial charge in [-0.3, -0.25) is 4.79 Å². The van der Waals surface area contributed by atoms with E-state index < -0.39 is 0 Å². The number of carbonyl (C=O) groups excluding carboxylic acids is 1. The Morgan fingerprint density at radius 1 is 1.53 bits per heavy atom. The molecule has 0 aliphatic rings. The van der Waals surface area contributed by atoms with Crippen molar-refractivity contribution in [1.82, 2.24) is 10.6 Å². The van der Waals surface area contributed by atoms with Crippen LogP contribution >= 0.6 is 0 Å². The lowest BCUT2D eigenvalue weighted by Crippen LogP contribution is -2.29. The minimum Gasteiger partial charge on any atom is -0.483 e. The van der Waals surface area contributed by atoms with Gasteiger partial charge < -0.3 is 15.4 Å². The fourth-order valence-electron chi connectivity index (χ4n) is 1.47. The average Bonchev–Trinajstić information content (AvgIpc) is 2.41. The van der Waals surface area contributed by atoms with Gasteiger partial charge in [0.05, 0.1) is 0 Å². The maximum Gasteiger partial charge on any atom is 0.258 e. The van der Waals surface area contributed by atoms with Crippen molar-refractivity contribution < 1.29 is 13.9 Å². The SMILES string of the molecule is C=CCNC(=O)COc1ccc(F)cc1CNCC. The number of hydrogen-bond acceptors (Lipinski definition) is 3. The van der Waals surface area contributed by atoms with Crippen molar-refractivity contribution in [2.45, 2.75) is 13.5 Å². The second-order valence-electron chi connectivity index (χ2n) is 3.91. The van der Waals surface area contributed by atoms with Crippen LogP contribution < -0.4 is 15.4 Å². The van der Waals surface area contributed by atoms with Crippen LogP contribution in [0.2, 0.25) is 0 Å². The largest absolute Gasteiger partial charge is 0.483 e. The highest BCUT2D eigenvalue weighted by Crippen LogP contribution is 2.19. The Morgan fingerprint density at radius 3 is 3.00 bits per heavy atom. The molecule has 0 saturated carbocycles. The molecule has 1 amide bonds. The van der Waals surface area contributed by atoms with E-state index in [9.17, 15) is 9.18 Å². The van der Waals surface area contributed by atoms with E-state index >= 15 is 0 Å². The first-order valence-electron chi connectivity index (χ1n) is 6.17. The molecule has 0 aromatic heterocycles. The Bertz CT molecular complexity index is 435. The number of halogens is 1. The Balaban J connectivity index is 2.60. The van der Waals surface area contributed by atoms with Crippen LogP contribution in [0.25, 0.3) is 0 Å². The Hall–Kier alpha value is -1.88. The van der Waals surface area contributed by atoms with Gasteiger partial charge in [0, 0.05) is 18.7 Å². The molecule has 0 aliphatic heterocycles. The van der Waals surface area contributed by atoms with Crippen LogP contribution in [-0.2, 0) is 11.3 Å². The molecule has 0 atom stereocenters. The first-order valence-corrected chi connectivity index (χ1v) is 6.17. The number of ether oxygens (including phenoxy) is 1. The van der Waals surface area contributed by atoms with E-state index in [-0.39, 0.29) is 18.3 Å². The second-order valence-corrected chi connectivity index (χ2v) is 3.91. The zero-order valence-corrected chi connectivity index (χ0v) is 11.0. The lowest BCUT2D eigenvalue weighted by Gasteiger charge is -2.11. The van der Waals surface area contributed by atoms with Crippen molar-refractivity contribution in [2.75, 3.05) is 19.7 Å².